The molecule has 20 heavy (non-hydrogen) atoms. The van der Waals surface area contributed by atoms with Gasteiger partial charge < -0.3 is 15.7 Å². The van der Waals surface area contributed by atoms with Gasteiger partial charge in [-0.05, 0) is 48.9 Å². The van der Waals surface area contributed by atoms with Crippen molar-refractivity contribution in [2.45, 2.75) is 19.4 Å². The molecule has 3 N–H and O–H groups in total. The second kappa shape index (κ2) is 5.81. The summed E-state index contributed by atoms with van der Waals surface area (Å²) in [5.41, 5.74) is 0.0669. The number of rotatable bonds is 3. The summed E-state index contributed by atoms with van der Waals surface area (Å²) in [4.78, 5) is 11.8. The Labute approximate surface area is 126 Å². The lowest BCUT2D eigenvalue weighted by Crippen LogP contribution is -2.48. The van der Waals surface area contributed by atoms with Gasteiger partial charge in [0.05, 0.1) is 12.1 Å². The summed E-state index contributed by atoms with van der Waals surface area (Å²) < 4.78 is 1.02. The van der Waals surface area contributed by atoms with Crippen molar-refractivity contribution < 1.29 is 9.90 Å². The Hall–Kier alpha value is -1.59. The van der Waals surface area contributed by atoms with E-state index >= 15 is 0 Å². The van der Waals surface area contributed by atoms with Crippen molar-refractivity contribution in [3.05, 3.63) is 40.9 Å². The SMILES string of the molecule is CC(C)(CO)NC(=O)Nc1ccc2cc(Br)ccc2c1. The molecule has 0 aromatic heterocycles. The Morgan fingerprint density at radius 2 is 1.85 bits per heavy atom. The molecule has 0 saturated carbocycles. The molecule has 0 radical (unpaired) electrons. The van der Waals surface area contributed by atoms with Crippen LogP contribution >= 0.6 is 15.9 Å². The minimum Gasteiger partial charge on any atom is -0.394 e. The number of nitrogens with one attached hydrogen (secondary N) is 2. The molecule has 0 unspecified atom stereocenters. The summed E-state index contributed by atoms with van der Waals surface area (Å²) in [5.74, 6) is 0. The molecule has 2 aromatic carbocycles. The number of aliphatic hydroxyl groups is 1. The van der Waals surface area contributed by atoms with E-state index in [0.717, 1.165) is 15.2 Å². The molecule has 5 heteroatoms. The summed E-state index contributed by atoms with van der Waals surface area (Å²) in [6.45, 7) is 3.39. The molecule has 2 amide bonds. The maximum atomic E-state index is 11.8. The molecule has 0 bridgehead atoms. The number of aliphatic hydroxyl groups excluding tert-OH is 1. The molecule has 0 aliphatic heterocycles. The van der Waals surface area contributed by atoms with E-state index in [1.54, 1.807) is 13.8 Å². The smallest absolute Gasteiger partial charge is 0.319 e. The first-order chi connectivity index (χ1) is 9.39. The molecule has 2 aromatic rings. The Morgan fingerprint density at radius 3 is 2.55 bits per heavy atom. The Balaban J connectivity index is 2.14. The molecule has 0 saturated heterocycles. The van der Waals surface area contributed by atoms with Gasteiger partial charge >= 0.3 is 6.03 Å². The number of carbonyl (C=O) groups is 1. The summed E-state index contributed by atoms with van der Waals surface area (Å²) >= 11 is 3.43. The summed E-state index contributed by atoms with van der Waals surface area (Å²) in [7, 11) is 0. The Kier molecular flexibility index (Phi) is 4.30. The van der Waals surface area contributed by atoms with E-state index in [1.807, 2.05) is 36.4 Å². The van der Waals surface area contributed by atoms with Crippen LogP contribution in [-0.2, 0) is 0 Å². The van der Waals surface area contributed by atoms with E-state index < -0.39 is 5.54 Å². The van der Waals surface area contributed by atoms with Gasteiger partial charge in [-0.25, -0.2) is 4.79 Å². The zero-order chi connectivity index (χ0) is 14.8. The Morgan fingerprint density at radius 1 is 1.20 bits per heavy atom. The first kappa shape index (κ1) is 14.8. The lowest BCUT2D eigenvalue weighted by atomic mass is 10.1. The van der Waals surface area contributed by atoms with Crippen LogP contribution in [0.25, 0.3) is 10.8 Å². The first-order valence-electron chi connectivity index (χ1n) is 6.29. The lowest BCUT2D eigenvalue weighted by Gasteiger charge is -2.23. The van der Waals surface area contributed by atoms with Crippen molar-refractivity contribution in [2.24, 2.45) is 0 Å². The number of amides is 2. The summed E-state index contributed by atoms with van der Waals surface area (Å²) in [6.07, 6.45) is 0. The van der Waals surface area contributed by atoms with Crippen LogP contribution in [0.3, 0.4) is 0 Å². The number of hydrogen-bond acceptors (Lipinski definition) is 2. The molecule has 0 atom stereocenters. The third-order valence-electron chi connectivity index (χ3n) is 2.91. The van der Waals surface area contributed by atoms with Crippen molar-refractivity contribution >= 4 is 38.4 Å². The van der Waals surface area contributed by atoms with Gasteiger partial charge in [0.1, 0.15) is 0 Å². The molecule has 0 heterocycles. The monoisotopic (exact) mass is 336 g/mol. The van der Waals surface area contributed by atoms with E-state index in [9.17, 15) is 4.79 Å². The first-order valence-corrected chi connectivity index (χ1v) is 7.08. The zero-order valence-corrected chi connectivity index (χ0v) is 13.0. The van der Waals surface area contributed by atoms with Gasteiger partial charge in [-0.2, -0.15) is 0 Å². The van der Waals surface area contributed by atoms with Crippen molar-refractivity contribution in [3.8, 4) is 0 Å². The average Bonchev–Trinajstić information content (AvgIpc) is 2.38. The highest BCUT2D eigenvalue weighted by Gasteiger charge is 2.18. The van der Waals surface area contributed by atoms with Crippen molar-refractivity contribution in [3.63, 3.8) is 0 Å². The molecule has 0 fully saturated rings. The maximum absolute atomic E-state index is 11.8. The number of carbonyl (C=O) groups excluding carboxylic acids is 1. The van der Waals surface area contributed by atoms with Crippen LogP contribution in [-0.4, -0.2) is 23.3 Å². The molecular weight excluding hydrogens is 320 g/mol. The van der Waals surface area contributed by atoms with Crippen molar-refractivity contribution in [1.82, 2.24) is 5.32 Å². The fourth-order valence-corrected chi connectivity index (χ4v) is 2.18. The number of urea groups is 1. The quantitative estimate of drug-likeness (QED) is 0.803. The van der Waals surface area contributed by atoms with E-state index in [1.165, 1.54) is 0 Å². The fourth-order valence-electron chi connectivity index (χ4n) is 1.80. The highest BCUT2D eigenvalue weighted by atomic mass is 79.9. The highest BCUT2D eigenvalue weighted by molar-refractivity contribution is 9.10. The number of halogens is 1. The number of anilines is 1. The van der Waals surface area contributed by atoms with Crippen LogP contribution in [0.2, 0.25) is 0 Å². The van der Waals surface area contributed by atoms with E-state index in [4.69, 9.17) is 5.11 Å². The number of hydrogen-bond donors (Lipinski definition) is 3. The molecule has 2 rings (SSSR count). The molecule has 0 spiro atoms. The molecule has 106 valence electrons. The van der Waals surface area contributed by atoms with Gasteiger partial charge in [-0.15, -0.1) is 0 Å². The van der Waals surface area contributed by atoms with Crippen LogP contribution in [0.1, 0.15) is 13.8 Å². The molecule has 4 nitrogen and oxygen atoms in total. The average molecular weight is 337 g/mol. The number of benzene rings is 2. The third-order valence-corrected chi connectivity index (χ3v) is 3.40. The van der Waals surface area contributed by atoms with Crippen molar-refractivity contribution in [2.75, 3.05) is 11.9 Å². The van der Waals surface area contributed by atoms with Gasteiger partial charge in [-0.3, -0.25) is 0 Å². The van der Waals surface area contributed by atoms with Crippen LogP contribution in [0.15, 0.2) is 40.9 Å². The normalized spacial score (nSPS) is 11.4. The third kappa shape index (κ3) is 3.71. The topological polar surface area (TPSA) is 61.4 Å². The van der Waals surface area contributed by atoms with Crippen LogP contribution in [0.4, 0.5) is 10.5 Å². The molecule has 0 aliphatic carbocycles. The van der Waals surface area contributed by atoms with Gasteiger partial charge in [0, 0.05) is 10.2 Å². The van der Waals surface area contributed by atoms with Gasteiger partial charge in [-0.1, -0.05) is 28.1 Å². The molecular formula is C15H17BrN2O2. The number of fused-ring (bicyclic) bond motifs is 1. The van der Waals surface area contributed by atoms with E-state index in [2.05, 4.69) is 26.6 Å². The van der Waals surface area contributed by atoms with Gasteiger partial charge in [0.15, 0.2) is 0 Å². The highest BCUT2D eigenvalue weighted by Crippen LogP contribution is 2.23. The van der Waals surface area contributed by atoms with Crippen LogP contribution in [0, 0.1) is 0 Å². The Bertz CT molecular complexity index is 641. The van der Waals surface area contributed by atoms with E-state index in [-0.39, 0.29) is 12.6 Å². The van der Waals surface area contributed by atoms with Gasteiger partial charge in [0.2, 0.25) is 0 Å². The standard InChI is InChI=1S/C15H17BrN2O2/c1-15(2,9-19)18-14(20)17-13-6-4-10-7-12(16)5-3-11(10)8-13/h3-8,19H,9H2,1-2H3,(H2,17,18,20). The minimum atomic E-state index is -0.647. The largest absolute Gasteiger partial charge is 0.394 e. The van der Waals surface area contributed by atoms with Crippen LogP contribution in [0.5, 0.6) is 0 Å². The minimum absolute atomic E-state index is 0.119. The van der Waals surface area contributed by atoms with Crippen molar-refractivity contribution in [1.29, 1.82) is 0 Å². The van der Waals surface area contributed by atoms with E-state index in [0.29, 0.717) is 5.69 Å². The van der Waals surface area contributed by atoms with Gasteiger partial charge in [0.25, 0.3) is 0 Å². The summed E-state index contributed by atoms with van der Waals surface area (Å²) in [6, 6.07) is 11.3. The fraction of sp³-hybridized carbons (Fsp3) is 0.267. The predicted octanol–water partition coefficient (Wildman–Crippen LogP) is 3.49. The maximum Gasteiger partial charge on any atom is 0.319 e. The zero-order valence-electron chi connectivity index (χ0n) is 11.4. The molecule has 0 aliphatic rings. The summed E-state index contributed by atoms with van der Waals surface area (Å²) in [5, 5.41) is 16.7. The second-order valence-electron chi connectivity index (χ2n) is 5.33. The predicted molar refractivity (Wildman–Crippen MR) is 85.0 cm³/mol. The van der Waals surface area contributed by atoms with Crippen LogP contribution < -0.4 is 10.6 Å². The second-order valence-corrected chi connectivity index (χ2v) is 6.24. The lowest BCUT2D eigenvalue weighted by molar-refractivity contribution is 0.187.